The molecule has 1 aromatic rings. The van der Waals surface area contributed by atoms with E-state index >= 15 is 0 Å². The second-order valence-corrected chi connectivity index (χ2v) is 4.29. The number of carbonyl (C=O) groups is 1. The van der Waals surface area contributed by atoms with E-state index in [0.29, 0.717) is 13.0 Å². The van der Waals surface area contributed by atoms with Crippen molar-refractivity contribution in [2.75, 3.05) is 13.7 Å². The Balaban J connectivity index is 2.29. The predicted molar refractivity (Wildman–Crippen MR) is 71.0 cm³/mol. The number of carbonyl (C=O) groups excluding carboxylic acids is 1. The maximum Gasteiger partial charge on any atom is 0.161 e. The van der Waals surface area contributed by atoms with E-state index in [-0.39, 0.29) is 5.78 Å². The van der Waals surface area contributed by atoms with E-state index in [2.05, 4.69) is 0 Å². The van der Waals surface area contributed by atoms with Gasteiger partial charge in [0.1, 0.15) is 0 Å². The number of ether oxygens (including phenoxy) is 2. The molecular formula is C15H18O3. The Bertz CT molecular complexity index is 475. The monoisotopic (exact) mass is 246 g/mol. The number of ketones is 1. The lowest BCUT2D eigenvalue weighted by Gasteiger charge is -2.09. The summed E-state index contributed by atoms with van der Waals surface area (Å²) >= 11 is 0. The first-order valence-corrected chi connectivity index (χ1v) is 6.29. The second-order valence-electron chi connectivity index (χ2n) is 4.29. The lowest BCUT2D eigenvalue weighted by molar-refractivity contribution is -0.114. The van der Waals surface area contributed by atoms with Gasteiger partial charge in [0.25, 0.3) is 0 Å². The summed E-state index contributed by atoms with van der Waals surface area (Å²) < 4.78 is 10.8. The highest BCUT2D eigenvalue weighted by Gasteiger charge is 2.16. The molecule has 0 spiro atoms. The summed E-state index contributed by atoms with van der Waals surface area (Å²) in [4.78, 5) is 11.6. The summed E-state index contributed by atoms with van der Waals surface area (Å²) in [6.45, 7) is 2.53. The van der Waals surface area contributed by atoms with Crippen molar-refractivity contribution in [1.82, 2.24) is 0 Å². The van der Waals surface area contributed by atoms with Crippen LogP contribution in [0.2, 0.25) is 0 Å². The fourth-order valence-corrected chi connectivity index (χ4v) is 2.14. The molecule has 1 saturated carbocycles. The first-order valence-electron chi connectivity index (χ1n) is 6.29. The van der Waals surface area contributed by atoms with Crippen LogP contribution < -0.4 is 9.47 Å². The zero-order chi connectivity index (χ0) is 13.0. The molecule has 0 saturated heterocycles. The van der Waals surface area contributed by atoms with Crippen molar-refractivity contribution in [3.05, 3.63) is 29.3 Å². The van der Waals surface area contributed by atoms with E-state index in [4.69, 9.17) is 9.47 Å². The zero-order valence-corrected chi connectivity index (χ0v) is 10.9. The van der Waals surface area contributed by atoms with Crippen molar-refractivity contribution in [3.8, 4) is 11.5 Å². The minimum absolute atomic E-state index is 0.267. The standard InChI is InChI=1S/C15H18O3/c1-3-18-15-10-11(7-8-14(15)17-2)9-12-5-4-6-13(12)16/h7-10H,3-6H2,1-2H3. The summed E-state index contributed by atoms with van der Waals surface area (Å²) in [5.74, 6) is 1.71. The quantitative estimate of drug-likeness (QED) is 0.765. The van der Waals surface area contributed by atoms with Gasteiger partial charge in [-0.15, -0.1) is 0 Å². The van der Waals surface area contributed by atoms with Gasteiger partial charge in [-0.1, -0.05) is 6.07 Å². The molecule has 0 heterocycles. The van der Waals surface area contributed by atoms with Crippen molar-refractivity contribution in [2.24, 2.45) is 0 Å². The largest absolute Gasteiger partial charge is 0.493 e. The van der Waals surface area contributed by atoms with Crippen LogP contribution in [0, 0.1) is 0 Å². The highest BCUT2D eigenvalue weighted by molar-refractivity contribution is 6.01. The number of benzene rings is 1. The van der Waals surface area contributed by atoms with Crippen LogP contribution in [0.5, 0.6) is 11.5 Å². The molecule has 2 rings (SSSR count). The van der Waals surface area contributed by atoms with Gasteiger partial charge in [0.05, 0.1) is 13.7 Å². The van der Waals surface area contributed by atoms with E-state index in [1.54, 1.807) is 7.11 Å². The molecule has 18 heavy (non-hydrogen) atoms. The van der Waals surface area contributed by atoms with Crippen molar-refractivity contribution >= 4 is 11.9 Å². The Morgan fingerprint density at radius 3 is 2.72 bits per heavy atom. The summed E-state index contributed by atoms with van der Waals surface area (Å²) in [7, 11) is 1.62. The summed E-state index contributed by atoms with van der Waals surface area (Å²) in [6.07, 6.45) is 4.49. The lowest BCUT2D eigenvalue weighted by Crippen LogP contribution is -1.96. The predicted octanol–water partition coefficient (Wildman–Crippen LogP) is 3.23. The van der Waals surface area contributed by atoms with E-state index in [9.17, 15) is 4.79 Å². The molecule has 3 heteroatoms. The fraction of sp³-hybridized carbons (Fsp3) is 0.400. The van der Waals surface area contributed by atoms with Crippen LogP contribution in [-0.4, -0.2) is 19.5 Å². The Hall–Kier alpha value is -1.77. The molecule has 0 aliphatic heterocycles. The number of rotatable bonds is 4. The Labute approximate surface area is 107 Å². The number of Topliss-reactive ketones (excluding diaryl/α,β-unsaturated/α-hetero) is 1. The van der Waals surface area contributed by atoms with Gasteiger partial charge in [-0.05, 0) is 49.1 Å². The normalized spacial score (nSPS) is 17.2. The second kappa shape index (κ2) is 5.71. The smallest absolute Gasteiger partial charge is 0.161 e. The van der Waals surface area contributed by atoms with Gasteiger partial charge in [-0.3, -0.25) is 4.79 Å². The number of methoxy groups -OCH3 is 1. The molecule has 1 fully saturated rings. The van der Waals surface area contributed by atoms with Gasteiger partial charge in [0.15, 0.2) is 17.3 Å². The Morgan fingerprint density at radius 2 is 2.11 bits per heavy atom. The molecule has 0 aromatic heterocycles. The molecule has 1 aliphatic rings. The third-order valence-electron chi connectivity index (χ3n) is 3.04. The summed E-state index contributed by atoms with van der Waals surface area (Å²) in [6, 6.07) is 5.73. The number of hydrogen-bond donors (Lipinski definition) is 0. The lowest BCUT2D eigenvalue weighted by atomic mass is 10.1. The van der Waals surface area contributed by atoms with Crippen LogP contribution in [0.15, 0.2) is 23.8 Å². The molecule has 1 aliphatic carbocycles. The summed E-state index contributed by atoms with van der Waals surface area (Å²) in [5, 5.41) is 0. The number of allylic oxidation sites excluding steroid dienone is 1. The van der Waals surface area contributed by atoms with Gasteiger partial charge in [-0.2, -0.15) is 0 Å². The van der Waals surface area contributed by atoms with Gasteiger partial charge in [0, 0.05) is 6.42 Å². The third kappa shape index (κ3) is 2.73. The van der Waals surface area contributed by atoms with E-state index in [1.165, 1.54) is 0 Å². The molecule has 3 nitrogen and oxygen atoms in total. The first kappa shape index (κ1) is 12.7. The van der Waals surface area contributed by atoms with Crippen LogP contribution >= 0.6 is 0 Å². The first-order chi connectivity index (χ1) is 8.74. The van der Waals surface area contributed by atoms with Crippen molar-refractivity contribution in [3.63, 3.8) is 0 Å². The minimum Gasteiger partial charge on any atom is -0.493 e. The molecule has 0 amide bonds. The zero-order valence-electron chi connectivity index (χ0n) is 10.9. The van der Waals surface area contributed by atoms with E-state index < -0.39 is 0 Å². The van der Waals surface area contributed by atoms with Gasteiger partial charge in [0.2, 0.25) is 0 Å². The minimum atomic E-state index is 0.267. The molecule has 0 bridgehead atoms. The molecule has 0 atom stereocenters. The third-order valence-corrected chi connectivity index (χ3v) is 3.04. The molecule has 0 N–H and O–H groups in total. The van der Waals surface area contributed by atoms with Crippen molar-refractivity contribution in [2.45, 2.75) is 26.2 Å². The maximum absolute atomic E-state index is 11.6. The maximum atomic E-state index is 11.6. The highest BCUT2D eigenvalue weighted by Crippen LogP contribution is 2.30. The van der Waals surface area contributed by atoms with Crippen LogP contribution in [0.4, 0.5) is 0 Å². The summed E-state index contributed by atoms with van der Waals surface area (Å²) in [5.41, 5.74) is 1.91. The topological polar surface area (TPSA) is 35.5 Å². The van der Waals surface area contributed by atoms with Crippen LogP contribution in [0.3, 0.4) is 0 Å². The van der Waals surface area contributed by atoms with Crippen molar-refractivity contribution < 1.29 is 14.3 Å². The Morgan fingerprint density at radius 1 is 1.28 bits per heavy atom. The van der Waals surface area contributed by atoms with Crippen LogP contribution in [0.1, 0.15) is 31.7 Å². The SMILES string of the molecule is CCOc1cc(C=C2CCCC2=O)ccc1OC. The molecule has 0 unspecified atom stereocenters. The van der Waals surface area contributed by atoms with E-state index in [1.807, 2.05) is 31.2 Å². The van der Waals surface area contributed by atoms with Crippen LogP contribution in [0.25, 0.3) is 6.08 Å². The molecule has 1 aromatic carbocycles. The average Bonchev–Trinajstić information content (AvgIpc) is 2.76. The van der Waals surface area contributed by atoms with Crippen molar-refractivity contribution in [1.29, 1.82) is 0 Å². The Kier molecular flexibility index (Phi) is 4.03. The van der Waals surface area contributed by atoms with Crippen LogP contribution in [-0.2, 0) is 4.79 Å². The fourth-order valence-electron chi connectivity index (χ4n) is 2.14. The molecular weight excluding hydrogens is 228 g/mol. The average molecular weight is 246 g/mol. The number of hydrogen-bond acceptors (Lipinski definition) is 3. The highest BCUT2D eigenvalue weighted by atomic mass is 16.5. The van der Waals surface area contributed by atoms with Gasteiger partial charge in [-0.25, -0.2) is 0 Å². The molecule has 0 radical (unpaired) electrons. The van der Waals surface area contributed by atoms with Gasteiger partial charge >= 0.3 is 0 Å². The van der Waals surface area contributed by atoms with E-state index in [0.717, 1.165) is 35.5 Å². The van der Waals surface area contributed by atoms with Gasteiger partial charge < -0.3 is 9.47 Å². The molecule has 96 valence electrons.